The molecular weight excluding hydrogens is 360 g/mol. The van der Waals surface area contributed by atoms with Crippen molar-refractivity contribution in [3.05, 3.63) is 34.9 Å². The molecule has 0 bridgehead atoms. The highest BCUT2D eigenvalue weighted by atomic mass is 16.5. The first-order chi connectivity index (χ1) is 14.3. The van der Waals surface area contributed by atoms with Crippen LogP contribution in [0, 0.1) is 6.92 Å². The van der Waals surface area contributed by atoms with Gasteiger partial charge in [-0.1, -0.05) is 24.6 Å². The van der Waals surface area contributed by atoms with Crippen molar-refractivity contribution in [2.24, 2.45) is 15.9 Å². The van der Waals surface area contributed by atoms with E-state index < -0.39 is 0 Å². The Morgan fingerprint density at radius 3 is 2.76 bits per heavy atom. The average molecular weight is 399 g/mol. The third-order valence-electron chi connectivity index (χ3n) is 6.14. The van der Waals surface area contributed by atoms with Crippen LogP contribution >= 0.6 is 0 Å². The molecule has 2 saturated heterocycles. The molecule has 29 heavy (non-hydrogen) atoms. The highest BCUT2D eigenvalue weighted by Crippen LogP contribution is 2.16. The lowest BCUT2D eigenvalue weighted by Gasteiger charge is -2.26. The number of hydrazone groups is 1. The number of hydrogen-bond donors (Lipinski definition) is 1. The molecule has 160 valence electrons. The number of aliphatic imine (C=N–C) groups is 1. The Balaban J connectivity index is 1.46. The van der Waals surface area contributed by atoms with Crippen molar-refractivity contribution < 1.29 is 4.74 Å². The maximum Gasteiger partial charge on any atom is 0.108 e. The van der Waals surface area contributed by atoms with Crippen LogP contribution in [-0.2, 0) is 11.2 Å². The predicted molar refractivity (Wildman–Crippen MR) is 122 cm³/mol. The summed E-state index contributed by atoms with van der Waals surface area (Å²) in [4.78, 5) is 7.17. The van der Waals surface area contributed by atoms with E-state index in [1.807, 2.05) is 0 Å². The van der Waals surface area contributed by atoms with Gasteiger partial charge in [0, 0.05) is 18.4 Å². The van der Waals surface area contributed by atoms with Crippen molar-refractivity contribution in [2.75, 3.05) is 32.8 Å². The SMILES string of the molecule is Cc1cc(CCCCN2CCCCC2)ccc1/C(C=NCC1CCCCO1)=N/N. The van der Waals surface area contributed by atoms with Crippen LogP contribution in [0.25, 0.3) is 0 Å². The molecule has 1 unspecified atom stereocenters. The van der Waals surface area contributed by atoms with Gasteiger partial charge in [0.05, 0.1) is 12.6 Å². The van der Waals surface area contributed by atoms with Crippen molar-refractivity contribution >= 4 is 11.9 Å². The molecule has 2 fully saturated rings. The molecule has 0 aliphatic carbocycles. The molecule has 1 aromatic rings. The monoisotopic (exact) mass is 398 g/mol. The summed E-state index contributed by atoms with van der Waals surface area (Å²) in [5, 5.41) is 3.98. The molecule has 1 aromatic carbocycles. The van der Waals surface area contributed by atoms with Gasteiger partial charge in [-0.05, 0) is 89.1 Å². The normalized spacial score (nSPS) is 21.7. The summed E-state index contributed by atoms with van der Waals surface area (Å²) in [7, 11) is 0. The number of nitrogens with zero attached hydrogens (tertiary/aromatic N) is 3. The van der Waals surface area contributed by atoms with E-state index in [-0.39, 0.29) is 6.10 Å². The maximum atomic E-state index is 5.74. The van der Waals surface area contributed by atoms with Crippen LogP contribution in [0.5, 0.6) is 0 Å². The molecule has 5 nitrogen and oxygen atoms in total. The summed E-state index contributed by atoms with van der Waals surface area (Å²) < 4.78 is 5.74. The molecule has 0 spiro atoms. The van der Waals surface area contributed by atoms with Crippen LogP contribution in [0.1, 0.15) is 68.1 Å². The minimum absolute atomic E-state index is 0.243. The number of nitrogens with two attached hydrogens (primary N) is 1. The van der Waals surface area contributed by atoms with Crippen LogP contribution in [0.3, 0.4) is 0 Å². The fourth-order valence-electron chi connectivity index (χ4n) is 4.40. The zero-order valence-corrected chi connectivity index (χ0v) is 18.1. The highest BCUT2D eigenvalue weighted by Gasteiger charge is 2.13. The zero-order valence-electron chi connectivity index (χ0n) is 18.1. The molecule has 3 rings (SSSR count). The molecule has 2 aliphatic rings. The molecule has 1 atom stereocenters. The molecule has 0 radical (unpaired) electrons. The highest BCUT2D eigenvalue weighted by molar-refractivity contribution is 6.38. The summed E-state index contributed by atoms with van der Waals surface area (Å²) in [5.41, 5.74) is 4.42. The predicted octanol–water partition coefficient (Wildman–Crippen LogP) is 4.11. The average Bonchev–Trinajstić information content (AvgIpc) is 2.76. The number of ether oxygens (including phenoxy) is 1. The van der Waals surface area contributed by atoms with Gasteiger partial charge < -0.3 is 15.5 Å². The van der Waals surface area contributed by atoms with E-state index in [1.165, 1.54) is 75.7 Å². The summed E-state index contributed by atoms with van der Waals surface area (Å²) >= 11 is 0. The smallest absolute Gasteiger partial charge is 0.108 e. The molecule has 2 heterocycles. The van der Waals surface area contributed by atoms with Crippen molar-refractivity contribution in [3.8, 4) is 0 Å². The van der Waals surface area contributed by atoms with Crippen LogP contribution in [0.4, 0.5) is 0 Å². The Morgan fingerprint density at radius 1 is 1.17 bits per heavy atom. The maximum absolute atomic E-state index is 5.74. The van der Waals surface area contributed by atoms with Gasteiger partial charge in [-0.2, -0.15) is 5.10 Å². The minimum atomic E-state index is 0.243. The van der Waals surface area contributed by atoms with E-state index in [2.05, 4.69) is 40.1 Å². The lowest BCUT2D eigenvalue weighted by molar-refractivity contribution is 0.0226. The van der Waals surface area contributed by atoms with Crippen molar-refractivity contribution in [1.82, 2.24) is 4.90 Å². The minimum Gasteiger partial charge on any atom is -0.376 e. The summed E-state index contributed by atoms with van der Waals surface area (Å²) in [6, 6.07) is 6.64. The molecule has 0 amide bonds. The molecule has 0 saturated carbocycles. The van der Waals surface area contributed by atoms with Crippen LogP contribution in [0.15, 0.2) is 28.3 Å². The largest absolute Gasteiger partial charge is 0.376 e. The second kappa shape index (κ2) is 12.1. The lowest BCUT2D eigenvalue weighted by Crippen LogP contribution is -2.30. The number of unbranched alkanes of at least 4 members (excludes halogenated alkanes) is 1. The van der Waals surface area contributed by atoms with E-state index in [4.69, 9.17) is 10.6 Å². The second-order valence-corrected chi connectivity index (χ2v) is 8.51. The third kappa shape index (κ3) is 7.23. The molecular formula is C24H38N4O. The van der Waals surface area contributed by atoms with E-state index in [0.29, 0.717) is 6.54 Å². The van der Waals surface area contributed by atoms with E-state index in [9.17, 15) is 0 Å². The Bertz CT molecular complexity index is 673. The van der Waals surface area contributed by atoms with Crippen molar-refractivity contribution in [3.63, 3.8) is 0 Å². The molecule has 2 N–H and O–H groups in total. The van der Waals surface area contributed by atoms with E-state index >= 15 is 0 Å². The number of rotatable bonds is 9. The van der Waals surface area contributed by atoms with Crippen LogP contribution in [-0.4, -0.2) is 55.7 Å². The first-order valence-electron chi connectivity index (χ1n) is 11.5. The van der Waals surface area contributed by atoms with E-state index in [1.54, 1.807) is 6.21 Å². The fourth-order valence-corrected chi connectivity index (χ4v) is 4.40. The first-order valence-corrected chi connectivity index (χ1v) is 11.5. The van der Waals surface area contributed by atoms with Gasteiger partial charge >= 0.3 is 0 Å². The first kappa shape index (κ1) is 22.0. The van der Waals surface area contributed by atoms with Gasteiger partial charge in [0.15, 0.2) is 0 Å². The standard InChI is InChI=1S/C24H38N4O/c1-20-17-21(9-3-7-15-28-13-5-2-6-14-28)11-12-23(20)24(27-25)19-26-18-22-10-4-8-16-29-22/h11-12,17,19,22H,2-10,13-16,18,25H2,1H3/b26-19?,27-24+. The van der Waals surface area contributed by atoms with Gasteiger partial charge in [-0.25, -0.2) is 0 Å². The van der Waals surface area contributed by atoms with Gasteiger partial charge in [-0.3, -0.25) is 4.99 Å². The second-order valence-electron chi connectivity index (χ2n) is 8.51. The van der Waals surface area contributed by atoms with Crippen molar-refractivity contribution in [2.45, 2.75) is 70.8 Å². The van der Waals surface area contributed by atoms with Gasteiger partial charge in [0.1, 0.15) is 5.71 Å². The summed E-state index contributed by atoms with van der Waals surface area (Å²) in [6.07, 6.45) is 13.4. The number of aryl methyl sites for hydroxylation is 2. The quantitative estimate of drug-likeness (QED) is 0.295. The van der Waals surface area contributed by atoms with Crippen molar-refractivity contribution in [1.29, 1.82) is 0 Å². The Morgan fingerprint density at radius 2 is 2.03 bits per heavy atom. The molecule has 2 aliphatic heterocycles. The topological polar surface area (TPSA) is 63.2 Å². The number of piperidine rings is 1. The Hall–Kier alpha value is -1.72. The van der Waals surface area contributed by atoms with Crippen LogP contribution < -0.4 is 5.84 Å². The van der Waals surface area contributed by atoms with Gasteiger partial charge in [0.25, 0.3) is 0 Å². The van der Waals surface area contributed by atoms with Crippen LogP contribution in [0.2, 0.25) is 0 Å². The number of likely N-dealkylation sites (tertiary alicyclic amines) is 1. The Kier molecular flexibility index (Phi) is 9.16. The summed E-state index contributed by atoms with van der Waals surface area (Å²) in [6.45, 7) is 7.52. The third-order valence-corrected chi connectivity index (χ3v) is 6.14. The van der Waals surface area contributed by atoms with Gasteiger partial charge in [0.2, 0.25) is 0 Å². The lowest BCUT2D eigenvalue weighted by atomic mass is 9.99. The Labute approximate surface area is 176 Å². The van der Waals surface area contributed by atoms with E-state index in [0.717, 1.165) is 30.7 Å². The molecule has 0 aromatic heterocycles. The number of hydrogen-bond acceptors (Lipinski definition) is 5. The number of benzene rings is 1. The zero-order chi connectivity index (χ0) is 20.3. The molecule has 5 heteroatoms. The fraction of sp³-hybridized carbons (Fsp3) is 0.667. The summed E-state index contributed by atoms with van der Waals surface area (Å²) in [5.74, 6) is 5.66. The van der Waals surface area contributed by atoms with Gasteiger partial charge in [-0.15, -0.1) is 0 Å².